The third kappa shape index (κ3) is 3.91. The molecule has 0 amide bonds. The van der Waals surface area contributed by atoms with E-state index in [2.05, 4.69) is 4.99 Å². The topological polar surface area (TPSA) is 38.7 Å². The number of alkyl halides is 1. The lowest BCUT2D eigenvalue weighted by molar-refractivity contribution is -0.149. The summed E-state index contributed by atoms with van der Waals surface area (Å²) in [6.45, 7) is 3.62. The molecule has 1 saturated carbocycles. The zero-order valence-electron chi connectivity index (χ0n) is 9.99. The zero-order valence-corrected chi connectivity index (χ0v) is 9.99. The number of carbonyl (C=O) groups excluding carboxylic acids is 1. The van der Waals surface area contributed by atoms with Gasteiger partial charge in [-0.3, -0.25) is 9.79 Å². The lowest BCUT2D eigenvalue weighted by Crippen LogP contribution is -2.32. The number of hydrogen-bond donors (Lipinski definition) is 0. The molecule has 3 unspecified atom stereocenters. The molecule has 1 aliphatic rings. The Kier molecular flexibility index (Phi) is 5.43. The molecular formula is C12H20FNO2. The zero-order chi connectivity index (χ0) is 12.0. The van der Waals surface area contributed by atoms with E-state index in [1.54, 1.807) is 6.92 Å². The monoisotopic (exact) mass is 229 g/mol. The number of aliphatic imine (C=N–C) groups is 1. The molecule has 92 valence electrons. The van der Waals surface area contributed by atoms with E-state index >= 15 is 0 Å². The molecule has 16 heavy (non-hydrogen) atoms. The highest BCUT2D eigenvalue weighted by molar-refractivity contribution is 5.74. The van der Waals surface area contributed by atoms with Crippen LogP contribution in [-0.2, 0) is 9.53 Å². The Morgan fingerprint density at radius 3 is 2.88 bits per heavy atom. The highest BCUT2D eigenvalue weighted by Crippen LogP contribution is 2.27. The van der Waals surface area contributed by atoms with Gasteiger partial charge in [0.2, 0.25) is 0 Å². The summed E-state index contributed by atoms with van der Waals surface area (Å²) in [7, 11) is 0. The quantitative estimate of drug-likeness (QED) is 0.549. The maximum absolute atomic E-state index is 12.7. The summed E-state index contributed by atoms with van der Waals surface area (Å²) in [5.41, 5.74) is 0. The predicted molar refractivity (Wildman–Crippen MR) is 61.4 cm³/mol. The summed E-state index contributed by atoms with van der Waals surface area (Å²) >= 11 is 0. The highest BCUT2D eigenvalue weighted by atomic mass is 19.1. The molecule has 0 bridgehead atoms. The van der Waals surface area contributed by atoms with Crippen molar-refractivity contribution in [3.63, 3.8) is 0 Å². The van der Waals surface area contributed by atoms with Gasteiger partial charge in [-0.2, -0.15) is 0 Å². The molecule has 0 N–H and O–H groups in total. The second kappa shape index (κ2) is 6.61. The fourth-order valence-corrected chi connectivity index (χ4v) is 2.04. The number of rotatable bonds is 4. The molecule has 3 atom stereocenters. The van der Waals surface area contributed by atoms with Crippen LogP contribution < -0.4 is 0 Å². The van der Waals surface area contributed by atoms with Gasteiger partial charge in [0, 0.05) is 6.21 Å². The fraction of sp³-hybridized carbons (Fsp3) is 0.833. The first-order chi connectivity index (χ1) is 7.65. The summed E-state index contributed by atoms with van der Waals surface area (Å²) in [6.07, 6.45) is 3.99. The Hall–Kier alpha value is -0.930. The highest BCUT2D eigenvalue weighted by Gasteiger charge is 2.31. The molecule has 0 aromatic heterocycles. The molecule has 1 aliphatic carbocycles. The number of hydrogen-bond acceptors (Lipinski definition) is 3. The fourth-order valence-electron chi connectivity index (χ4n) is 2.04. The molecule has 0 radical (unpaired) electrons. The number of carbonyl (C=O) groups is 1. The summed E-state index contributed by atoms with van der Waals surface area (Å²) in [4.78, 5) is 15.8. The van der Waals surface area contributed by atoms with Gasteiger partial charge in [-0.1, -0.05) is 12.8 Å². The van der Waals surface area contributed by atoms with Crippen molar-refractivity contribution in [2.45, 2.75) is 51.7 Å². The third-order valence-electron chi connectivity index (χ3n) is 2.80. The van der Waals surface area contributed by atoms with E-state index in [-0.39, 0.29) is 17.9 Å². The number of ether oxygens (including phenoxy) is 1. The summed E-state index contributed by atoms with van der Waals surface area (Å²) < 4.78 is 17.7. The van der Waals surface area contributed by atoms with Crippen LogP contribution in [0.2, 0.25) is 0 Å². The first-order valence-corrected chi connectivity index (χ1v) is 5.99. The first kappa shape index (κ1) is 13.1. The molecular weight excluding hydrogens is 209 g/mol. The number of esters is 1. The average Bonchev–Trinajstić information content (AvgIpc) is 2.27. The van der Waals surface area contributed by atoms with E-state index in [1.807, 2.05) is 0 Å². The van der Waals surface area contributed by atoms with Crippen molar-refractivity contribution in [3.8, 4) is 0 Å². The van der Waals surface area contributed by atoms with Crippen molar-refractivity contribution in [3.05, 3.63) is 0 Å². The van der Waals surface area contributed by atoms with E-state index in [0.29, 0.717) is 6.61 Å². The van der Waals surface area contributed by atoms with Crippen molar-refractivity contribution >= 4 is 12.2 Å². The molecule has 0 aromatic rings. The molecule has 1 rings (SSSR count). The molecule has 1 fully saturated rings. The molecule has 3 nitrogen and oxygen atoms in total. The van der Waals surface area contributed by atoms with Crippen LogP contribution in [0.5, 0.6) is 0 Å². The lowest BCUT2D eigenvalue weighted by atomic mass is 9.85. The molecule has 0 aromatic carbocycles. The summed E-state index contributed by atoms with van der Waals surface area (Å²) in [5, 5.41) is 0. The van der Waals surface area contributed by atoms with Crippen molar-refractivity contribution in [1.29, 1.82) is 0 Å². The van der Waals surface area contributed by atoms with Crippen LogP contribution >= 0.6 is 0 Å². The number of halogens is 1. The van der Waals surface area contributed by atoms with E-state index in [0.717, 1.165) is 25.7 Å². The van der Waals surface area contributed by atoms with Gasteiger partial charge >= 0.3 is 5.97 Å². The van der Waals surface area contributed by atoms with Crippen LogP contribution in [0, 0.1) is 5.92 Å². The van der Waals surface area contributed by atoms with E-state index in [4.69, 9.17) is 4.74 Å². The van der Waals surface area contributed by atoms with Gasteiger partial charge < -0.3 is 4.74 Å². The van der Waals surface area contributed by atoms with Crippen LogP contribution in [0.15, 0.2) is 4.99 Å². The van der Waals surface area contributed by atoms with E-state index in [9.17, 15) is 9.18 Å². The van der Waals surface area contributed by atoms with Crippen molar-refractivity contribution in [1.82, 2.24) is 0 Å². The Bertz CT molecular complexity index is 253. The minimum absolute atomic E-state index is 0.0917. The summed E-state index contributed by atoms with van der Waals surface area (Å²) in [6, 6.07) is -0.0917. The minimum atomic E-state index is -1.05. The Morgan fingerprint density at radius 2 is 2.25 bits per heavy atom. The van der Waals surface area contributed by atoms with Gasteiger partial charge in [0.15, 0.2) is 0 Å². The first-order valence-electron chi connectivity index (χ1n) is 5.99. The largest absolute Gasteiger partial charge is 0.466 e. The molecule has 4 heteroatoms. The Morgan fingerprint density at radius 1 is 1.56 bits per heavy atom. The van der Waals surface area contributed by atoms with Gasteiger partial charge in [-0.05, 0) is 26.7 Å². The van der Waals surface area contributed by atoms with Crippen LogP contribution in [0.25, 0.3) is 0 Å². The second-order valence-electron chi connectivity index (χ2n) is 4.19. The molecule has 0 heterocycles. The average molecular weight is 229 g/mol. The van der Waals surface area contributed by atoms with Gasteiger partial charge in [0.05, 0.1) is 18.6 Å². The summed E-state index contributed by atoms with van der Waals surface area (Å²) in [5.74, 6) is -0.362. The van der Waals surface area contributed by atoms with Gasteiger partial charge in [0.1, 0.15) is 6.17 Å². The standard InChI is InChI=1S/C12H20FNO2/c1-3-16-12(15)10-6-4-5-7-11(10)14-8-9(2)13/h8-11H,3-7H2,1-2H3. The minimum Gasteiger partial charge on any atom is -0.466 e. The molecule has 0 spiro atoms. The van der Waals surface area contributed by atoms with Crippen LogP contribution in [0.1, 0.15) is 39.5 Å². The van der Waals surface area contributed by atoms with Crippen LogP contribution in [0.3, 0.4) is 0 Å². The lowest BCUT2D eigenvalue weighted by Gasteiger charge is -2.26. The number of nitrogens with zero attached hydrogens (tertiary/aromatic N) is 1. The van der Waals surface area contributed by atoms with Gasteiger partial charge in [-0.15, -0.1) is 0 Å². The van der Waals surface area contributed by atoms with E-state index < -0.39 is 6.17 Å². The van der Waals surface area contributed by atoms with Gasteiger partial charge in [0.25, 0.3) is 0 Å². The third-order valence-corrected chi connectivity index (χ3v) is 2.80. The smallest absolute Gasteiger partial charge is 0.311 e. The molecule has 0 aliphatic heterocycles. The van der Waals surface area contributed by atoms with Crippen molar-refractivity contribution in [2.75, 3.05) is 6.61 Å². The van der Waals surface area contributed by atoms with Crippen LogP contribution in [0.4, 0.5) is 4.39 Å². The predicted octanol–water partition coefficient (Wildman–Crippen LogP) is 2.54. The Labute approximate surface area is 96.1 Å². The maximum atomic E-state index is 12.7. The van der Waals surface area contributed by atoms with Crippen LogP contribution in [-0.4, -0.2) is 31.0 Å². The Balaban J connectivity index is 2.60. The van der Waals surface area contributed by atoms with Crippen molar-refractivity contribution in [2.24, 2.45) is 10.9 Å². The van der Waals surface area contributed by atoms with Crippen molar-refractivity contribution < 1.29 is 13.9 Å². The van der Waals surface area contributed by atoms with Gasteiger partial charge in [-0.25, -0.2) is 4.39 Å². The second-order valence-corrected chi connectivity index (χ2v) is 4.19. The SMILES string of the molecule is CCOC(=O)C1CCCCC1N=CC(C)F. The maximum Gasteiger partial charge on any atom is 0.311 e. The normalized spacial score (nSPS) is 27.9. The van der Waals surface area contributed by atoms with E-state index in [1.165, 1.54) is 13.1 Å². The molecule has 0 saturated heterocycles.